The summed E-state index contributed by atoms with van der Waals surface area (Å²) in [6, 6.07) is 12.2. The fourth-order valence-corrected chi connectivity index (χ4v) is 3.78. The molecule has 0 aliphatic carbocycles. The average Bonchev–Trinajstić information content (AvgIpc) is 2.93. The summed E-state index contributed by atoms with van der Waals surface area (Å²) in [5.41, 5.74) is 7.31. The second-order valence-corrected chi connectivity index (χ2v) is 7.90. The van der Waals surface area contributed by atoms with E-state index in [-0.39, 0.29) is 28.5 Å². The van der Waals surface area contributed by atoms with E-state index in [4.69, 9.17) is 15.2 Å². The first kappa shape index (κ1) is 26.9. The van der Waals surface area contributed by atoms with E-state index in [0.717, 1.165) is 0 Å². The zero-order valence-electron chi connectivity index (χ0n) is 19.7. The van der Waals surface area contributed by atoms with Gasteiger partial charge in [0, 0.05) is 11.6 Å². The zero-order valence-corrected chi connectivity index (χ0v) is 19.7. The molecule has 200 valence electrons. The highest BCUT2D eigenvalue weighted by molar-refractivity contribution is 5.89. The van der Waals surface area contributed by atoms with E-state index in [1.54, 1.807) is 12.1 Å². The van der Waals surface area contributed by atoms with Crippen LogP contribution in [0.3, 0.4) is 0 Å². The first-order valence-electron chi connectivity index (χ1n) is 10.8. The summed E-state index contributed by atoms with van der Waals surface area (Å²) in [6.07, 6.45) is 0. The fraction of sp³-hybridized carbons (Fsp3) is 0.115. The second-order valence-electron chi connectivity index (χ2n) is 7.90. The Morgan fingerprint density at radius 2 is 1.59 bits per heavy atom. The lowest BCUT2D eigenvalue weighted by Crippen LogP contribution is -2.22. The summed E-state index contributed by atoms with van der Waals surface area (Å²) in [5, 5.41) is 9.67. The molecule has 39 heavy (non-hydrogen) atoms. The lowest BCUT2D eigenvalue weighted by Gasteiger charge is -2.26. The molecule has 0 saturated heterocycles. The van der Waals surface area contributed by atoms with Crippen molar-refractivity contribution < 1.29 is 50.5 Å². The highest BCUT2D eigenvalue weighted by atomic mass is 19.2. The molecule has 0 saturated carbocycles. The Kier molecular flexibility index (Phi) is 7.39. The molecule has 0 bridgehead atoms. The van der Waals surface area contributed by atoms with E-state index in [2.05, 4.69) is 9.47 Å². The summed E-state index contributed by atoms with van der Waals surface area (Å²) < 4.78 is 87.0. The largest absolute Gasteiger partial charge is 0.476 e. The third-order valence-corrected chi connectivity index (χ3v) is 5.59. The molecule has 0 fully saturated rings. The number of ether oxygens (including phenoxy) is 4. The van der Waals surface area contributed by atoms with E-state index in [1.165, 1.54) is 37.4 Å². The Morgan fingerprint density at radius 3 is 2.18 bits per heavy atom. The third-order valence-electron chi connectivity index (χ3n) is 5.59. The molecule has 1 atom stereocenters. The van der Waals surface area contributed by atoms with Crippen LogP contribution in [-0.2, 0) is 9.53 Å². The van der Waals surface area contributed by atoms with Crippen LogP contribution in [-0.4, -0.2) is 25.7 Å². The summed E-state index contributed by atoms with van der Waals surface area (Å²) in [5.74, 6) is -15.8. The van der Waals surface area contributed by atoms with Gasteiger partial charge in [0.2, 0.25) is 35.0 Å². The topological polar surface area (TPSA) is 121 Å². The zero-order chi connectivity index (χ0) is 28.4. The van der Waals surface area contributed by atoms with Crippen LogP contribution >= 0.6 is 0 Å². The van der Waals surface area contributed by atoms with Crippen molar-refractivity contribution in [2.45, 2.75) is 5.92 Å². The van der Waals surface area contributed by atoms with Crippen LogP contribution in [0, 0.1) is 40.4 Å². The Hall–Kier alpha value is -5.12. The average molecular weight is 546 g/mol. The summed E-state index contributed by atoms with van der Waals surface area (Å²) >= 11 is 0. The van der Waals surface area contributed by atoms with E-state index < -0.39 is 59.3 Å². The quantitative estimate of drug-likeness (QED) is 0.159. The molecule has 1 heterocycles. The van der Waals surface area contributed by atoms with Gasteiger partial charge >= 0.3 is 11.9 Å². The molecule has 0 amide bonds. The van der Waals surface area contributed by atoms with Gasteiger partial charge in [-0.15, -0.1) is 0 Å². The SMILES string of the molecule is COC(=O)c1ccc(C2C(C#N)=C(N)Oc3cc(OC(=O)COc4c(F)c(F)c(F)c(F)c4F)ccc32)cc1. The first-order valence-corrected chi connectivity index (χ1v) is 10.8. The van der Waals surface area contributed by atoms with E-state index >= 15 is 0 Å². The van der Waals surface area contributed by atoms with Gasteiger partial charge in [-0.25, -0.2) is 22.8 Å². The molecule has 0 radical (unpaired) electrons. The number of hydrogen-bond acceptors (Lipinski definition) is 8. The van der Waals surface area contributed by atoms with Crippen LogP contribution in [0.25, 0.3) is 0 Å². The van der Waals surface area contributed by atoms with Crippen molar-refractivity contribution in [2.75, 3.05) is 13.7 Å². The minimum Gasteiger partial charge on any atom is -0.476 e. The van der Waals surface area contributed by atoms with E-state index in [9.17, 15) is 36.8 Å². The lowest BCUT2D eigenvalue weighted by atomic mass is 9.83. The molecule has 0 spiro atoms. The molecule has 8 nitrogen and oxygen atoms in total. The number of carbonyl (C=O) groups excluding carboxylic acids is 2. The molecular formula is C26H15F5N2O6. The highest BCUT2D eigenvalue weighted by Gasteiger charge is 2.32. The lowest BCUT2D eigenvalue weighted by molar-refractivity contribution is -0.136. The molecule has 0 aromatic heterocycles. The van der Waals surface area contributed by atoms with Crippen molar-refractivity contribution in [3.63, 3.8) is 0 Å². The normalized spacial score (nSPS) is 14.1. The summed E-state index contributed by atoms with van der Waals surface area (Å²) in [7, 11) is 1.23. The predicted octanol–water partition coefficient (Wildman–Crippen LogP) is 4.37. The monoisotopic (exact) mass is 546 g/mol. The number of esters is 2. The van der Waals surface area contributed by atoms with Gasteiger partial charge in [-0.1, -0.05) is 18.2 Å². The molecular weight excluding hydrogens is 531 g/mol. The number of rotatable bonds is 6. The number of carbonyl (C=O) groups is 2. The fourth-order valence-electron chi connectivity index (χ4n) is 3.78. The molecule has 1 aliphatic rings. The van der Waals surface area contributed by atoms with Crippen molar-refractivity contribution in [3.05, 3.63) is 99.7 Å². The number of hydrogen-bond donors (Lipinski definition) is 1. The Bertz CT molecular complexity index is 1540. The summed E-state index contributed by atoms with van der Waals surface area (Å²) in [6.45, 7) is -1.20. The van der Waals surface area contributed by atoms with Crippen molar-refractivity contribution in [3.8, 4) is 23.3 Å². The smallest absolute Gasteiger partial charge is 0.349 e. The third kappa shape index (κ3) is 5.04. The molecule has 4 rings (SSSR count). The van der Waals surface area contributed by atoms with Gasteiger partial charge in [0.15, 0.2) is 12.4 Å². The van der Waals surface area contributed by atoms with Crippen LogP contribution in [0.4, 0.5) is 22.0 Å². The molecule has 3 aromatic rings. The maximum atomic E-state index is 13.7. The van der Waals surface area contributed by atoms with Gasteiger partial charge in [0.05, 0.1) is 18.6 Å². The summed E-state index contributed by atoms with van der Waals surface area (Å²) in [4.78, 5) is 23.9. The van der Waals surface area contributed by atoms with Crippen LogP contribution in [0.5, 0.6) is 17.2 Å². The number of methoxy groups -OCH3 is 1. The van der Waals surface area contributed by atoms with Crippen LogP contribution in [0.15, 0.2) is 53.9 Å². The molecule has 1 unspecified atom stereocenters. The van der Waals surface area contributed by atoms with Gasteiger partial charge in [0.25, 0.3) is 0 Å². The van der Waals surface area contributed by atoms with Gasteiger partial charge in [-0.05, 0) is 23.8 Å². The van der Waals surface area contributed by atoms with Crippen molar-refractivity contribution in [1.29, 1.82) is 5.26 Å². The number of nitrogens with zero attached hydrogens (tertiary/aromatic N) is 1. The number of halogens is 5. The highest BCUT2D eigenvalue weighted by Crippen LogP contribution is 2.43. The van der Waals surface area contributed by atoms with Crippen LogP contribution in [0.1, 0.15) is 27.4 Å². The van der Waals surface area contributed by atoms with Crippen LogP contribution < -0.4 is 19.9 Å². The van der Waals surface area contributed by atoms with E-state index in [1.807, 2.05) is 6.07 Å². The Morgan fingerprint density at radius 1 is 0.974 bits per heavy atom. The second kappa shape index (κ2) is 10.7. The van der Waals surface area contributed by atoms with Crippen molar-refractivity contribution in [2.24, 2.45) is 5.73 Å². The predicted molar refractivity (Wildman–Crippen MR) is 121 cm³/mol. The van der Waals surface area contributed by atoms with Gasteiger partial charge in [0.1, 0.15) is 23.1 Å². The van der Waals surface area contributed by atoms with E-state index in [0.29, 0.717) is 11.1 Å². The van der Waals surface area contributed by atoms with Crippen molar-refractivity contribution in [1.82, 2.24) is 0 Å². The van der Waals surface area contributed by atoms with Crippen LogP contribution in [0.2, 0.25) is 0 Å². The first-order chi connectivity index (χ1) is 18.6. The number of nitrogens with two attached hydrogens (primary N) is 1. The molecule has 2 N–H and O–H groups in total. The number of allylic oxidation sites excluding steroid dienone is 1. The molecule has 3 aromatic carbocycles. The van der Waals surface area contributed by atoms with Gasteiger partial charge in [-0.2, -0.15) is 14.0 Å². The Labute approximate surface area is 216 Å². The number of benzene rings is 3. The van der Waals surface area contributed by atoms with Gasteiger partial charge < -0.3 is 24.7 Å². The van der Waals surface area contributed by atoms with Crippen molar-refractivity contribution >= 4 is 11.9 Å². The molecule has 13 heteroatoms. The standard InChI is InChI=1S/C26H15F5N2O6/c1-36-26(35)12-4-2-11(3-5-12)18-14-7-6-13(8-16(14)39-25(33)15(18)9-32)38-17(34)10-37-24-22(30)20(28)19(27)21(29)23(24)31/h2-8,18H,10,33H2,1H3. The minimum absolute atomic E-state index is 0.0780. The Balaban J connectivity index is 1.56. The minimum atomic E-state index is -2.38. The maximum Gasteiger partial charge on any atom is 0.349 e. The molecule has 1 aliphatic heterocycles. The number of fused-ring (bicyclic) bond motifs is 1. The van der Waals surface area contributed by atoms with Gasteiger partial charge in [-0.3, -0.25) is 0 Å². The maximum absolute atomic E-state index is 13.7. The number of nitriles is 1.